The average Bonchev–Trinajstić information content (AvgIpc) is 2.62. The van der Waals surface area contributed by atoms with Crippen molar-refractivity contribution in [3.8, 4) is 5.75 Å². The molecule has 0 fully saturated rings. The first-order valence-corrected chi connectivity index (χ1v) is 8.46. The molecule has 132 valence electrons. The molecular formula is C19H21ClN2O3. The van der Waals surface area contributed by atoms with Crippen LogP contribution in [0.15, 0.2) is 42.5 Å². The minimum absolute atomic E-state index is 0.191. The predicted octanol–water partition coefficient (Wildman–Crippen LogP) is 4.13. The van der Waals surface area contributed by atoms with Gasteiger partial charge >= 0.3 is 0 Å². The smallest absolute Gasteiger partial charge is 0.255 e. The Labute approximate surface area is 152 Å². The molecule has 2 aromatic carbocycles. The summed E-state index contributed by atoms with van der Waals surface area (Å²) >= 11 is 5.97. The second kappa shape index (κ2) is 9.08. The fourth-order valence-corrected chi connectivity index (χ4v) is 2.43. The lowest BCUT2D eigenvalue weighted by molar-refractivity contribution is 0.0953. The van der Waals surface area contributed by atoms with Crippen LogP contribution in [-0.2, 0) is 0 Å². The highest BCUT2D eigenvalue weighted by Gasteiger charge is 2.13. The van der Waals surface area contributed by atoms with Gasteiger partial charge in [-0.25, -0.2) is 0 Å². The van der Waals surface area contributed by atoms with Gasteiger partial charge < -0.3 is 15.4 Å². The molecule has 5 nitrogen and oxygen atoms in total. The van der Waals surface area contributed by atoms with E-state index < -0.39 is 0 Å². The molecule has 6 heteroatoms. The van der Waals surface area contributed by atoms with E-state index in [2.05, 4.69) is 17.6 Å². The molecule has 2 N–H and O–H groups in total. The van der Waals surface area contributed by atoms with Crippen LogP contribution in [0.1, 0.15) is 40.5 Å². The van der Waals surface area contributed by atoms with Crippen LogP contribution in [-0.4, -0.2) is 25.5 Å². The maximum atomic E-state index is 12.5. The third-order valence-corrected chi connectivity index (χ3v) is 3.85. The van der Waals surface area contributed by atoms with Crippen molar-refractivity contribution in [3.63, 3.8) is 0 Å². The van der Waals surface area contributed by atoms with Crippen LogP contribution >= 0.6 is 11.6 Å². The van der Waals surface area contributed by atoms with Gasteiger partial charge in [0.05, 0.1) is 12.8 Å². The number of carbonyl (C=O) groups is 2. The molecule has 0 aliphatic carbocycles. The van der Waals surface area contributed by atoms with Crippen LogP contribution in [0, 0.1) is 0 Å². The van der Waals surface area contributed by atoms with Gasteiger partial charge in [0, 0.05) is 22.7 Å². The third kappa shape index (κ3) is 5.22. The van der Waals surface area contributed by atoms with Crippen LogP contribution in [0.25, 0.3) is 0 Å². The van der Waals surface area contributed by atoms with E-state index in [9.17, 15) is 9.59 Å². The van der Waals surface area contributed by atoms with E-state index in [0.29, 0.717) is 34.1 Å². The van der Waals surface area contributed by atoms with Crippen LogP contribution in [0.5, 0.6) is 5.75 Å². The summed E-state index contributed by atoms with van der Waals surface area (Å²) in [5.74, 6) is -0.0292. The van der Waals surface area contributed by atoms with Gasteiger partial charge in [-0.2, -0.15) is 0 Å². The zero-order valence-corrected chi connectivity index (χ0v) is 15.0. The summed E-state index contributed by atoms with van der Waals surface area (Å²) in [6.45, 7) is 2.67. The summed E-state index contributed by atoms with van der Waals surface area (Å²) in [6.07, 6.45) is 1.92. The summed E-state index contributed by atoms with van der Waals surface area (Å²) in [7, 11) is 1.51. The normalized spacial score (nSPS) is 10.2. The summed E-state index contributed by atoms with van der Waals surface area (Å²) in [5.41, 5.74) is 1.30. The molecule has 2 amide bonds. The average molecular weight is 361 g/mol. The van der Waals surface area contributed by atoms with Crippen molar-refractivity contribution in [2.45, 2.75) is 19.8 Å². The Balaban J connectivity index is 2.13. The van der Waals surface area contributed by atoms with Gasteiger partial charge in [-0.3, -0.25) is 9.59 Å². The maximum absolute atomic E-state index is 12.5. The van der Waals surface area contributed by atoms with Gasteiger partial charge in [0.1, 0.15) is 5.75 Å². The predicted molar refractivity (Wildman–Crippen MR) is 99.6 cm³/mol. The van der Waals surface area contributed by atoms with Crippen molar-refractivity contribution in [3.05, 3.63) is 58.6 Å². The Morgan fingerprint density at radius 2 is 1.80 bits per heavy atom. The van der Waals surface area contributed by atoms with E-state index in [4.69, 9.17) is 16.3 Å². The largest absolute Gasteiger partial charge is 0.495 e. The van der Waals surface area contributed by atoms with Gasteiger partial charge in [-0.1, -0.05) is 31.0 Å². The van der Waals surface area contributed by atoms with Crippen molar-refractivity contribution < 1.29 is 14.3 Å². The molecule has 0 bridgehead atoms. The van der Waals surface area contributed by atoms with Crippen LogP contribution in [0.4, 0.5) is 5.69 Å². The number of amides is 2. The molecule has 0 heterocycles. The SMILES string of the molecule is CCCCNC(=O)c1cccc(C(=O)Nc2cc(Cl)ccc2OC)c1. The van der Waals surface area contributed by atoms with Gasteiger partial charge in [0.25, 0.3) is 11.8 Å². The monoisotopic (exact) mass is 360 g/mol. The lowest BCUT2D eigenvalue weighted by Crippen LogP contribution is -2.24. The van der Waals surface area contributed by atoms with E-state index in [1.807, 2.05) is 0 Å². The molecule has 0 spiro atoms. The number of hydrogen-bond donors (Lipinski definition) is 2. The third-order valence-electron chi connectivity index (χ3n) is 3.61. The molecule has 0 radical (unpaired) electrons. The van der Waals surface area contributed by atoms with Gasteiger partial charge in [0.2, 0.25) is 0 Å². The highest BCUT2D eigenvalue weighted by Crippen LogP contribution is 2.28. The number of ether oxygens (including phenoxy) is 1. The summed E-state index contributed by atoms with van der Waals surface area (Å²) in [4.78, 5) is 24.6. The quantitative estimate of drug-likeness (QED) is 0.729. The molecule has 25 heavy (non-hydrogen) atoms. The van der Waals surface area contributed by atoms with Gasteiger partial charge in [-0.05, 0) is 42.8 Å². The number of anilines is 1. The molecule has 0 aliphatic heterocycles. The minimum Gasteiger partial charge on any atom is -0.495 e. The van der Waals surface area contributed by atoms with E-state index in [-0.39, 0.29) is 11.8 Å². The van der Waals surface area contributed by atoms with Crippen LogP contribution in [0.3, 0.4) is 0 Å². The Morgan fingerprint density at radius 3 is 2.48 bits per heavy atom. The van der Waals surface area contributed by atoms with Crippen molar-refractivity contribution in [2.75, 3.05) is 19.0 Å². The summed E-state index contributed by atoms with van der Waals surface area (Å²) < 4.78 is 5.22. The highest BCUT2D eigenvalue weighted by molar-refractivity contribution is 6.31. The van der Waals surface area contributed by atoms with Crippen molar-refractivity contribution in [2.24, 2.45) is 0 Å². The molecule has 0 atom stereocenters. The number of benzene rings is 2. The standard InChI is InChI=1S/C19H21ClN2O3/c1-3-4-10-21-18(23)13-6-5-7-14(11-13)19(24)22-16-12-15(20)8-9-17(16)25-2/h5-9,11-12H,3-4,10H2,1-2H3,(H,21,23)(H,22,24). The summed E-state index contributed by atoms with van der Waals surface area (Å²) in [6, 6.07) is 11.5. The Kier molecular flexibility index (Phi) is 6.83. The van der Waals surface area contributed by atoms with E-state index in [0.717, 1.165) is 12.8 Å². The van der Waals surface area contributed by atoms with E-state index in [1.54, 1.807) is 42.5 Å². The second-order valence-electron chi connectivity index (χ2n) is 5.49. The first kappa shape index (κ1) is 18.8. The topological polar surface area (TPSA) is 67.4 Å². The first-order valence-electron chi connectivity index (χ1n) is 8.08. The number of methoxy groups -OCH3 is 1. The number of hydrogen-bond acceptors (Lipinski definition) is 3. The highest BCUT2D eigenvalue weighted by atomic mass is 35.5. The molecular weight excluding hydrogens is 340 g/mol. The van der Waals surface area contributed by atoms with Crippen molar-refractivity contribution >= 4 is 29.1 Å². The lowest BCUT2D eigenvalue weighted by atomic mass is 10.1. The zero-order valence-electron chi connectivity index (χ0n) is 14.3. The molecule has 0 unspecified atom stereocenters. The first-order chi connectivity index (χ1) is 12.0. The van der Waals surface area contributed by atoms with Gasteiger partial charge in [-0.15, -0.1) is 0 Å². The number of carbonyl (C=O) groups excluding carboxylic acids is 2. The van der Waals surface area contributed by atoms with Gasteiger partial charge in [0.15, 0.2) is 0 Å². The lowest BCUT2D eigenvalue weighted by Gasteiger charge is -2.11. The Hall–Kier alpha value is -2.53. The minimum atomic E-state index is -0.344. The second-order valence-corrected chi connectivity index (χ2v) is 5.93. The number of nitrogens with one attached hydrogen (secondary N) is 2. The van der Waals surface area contributed by atoms with Crippen LogP contribution < -0.4 is 15.4 Å². The molecule has 2 aromatic rings. The molecule has 0 aliphatic rings. The van der Waals surface area contributed by atoms with Crippen LogP contribution in [0.2, 0.25) is 5.02 Å². The van der Waals surface area contributed by atoms with Crippen molar-refractivity contribution in [1.29, 1.82) is 0 Å². The molecule has 2 rings (SSSR count). The molecule has 0 saturated heterocycles. The van der Waals surface area contributed by atoms with E-state index >= 15 is 0 Å². The number of unbranched alkanes of at least 4 members (excludes halogenated alkanes) is 1. The summed E-state index contributed by atoms with van der Waals surface area (Å²) in [5, 5.41) is 6.08. The number of halogens is 1. The Bertz CT molecular complexity index is 762. The fraction of sp³-hybridized carbons (Fsp3) is 0.263. The van der Waals surface area contributed by atoms with Crippen molar-refractivity contribution in [1.82, 2.24) is 5.32 Å². The number of rotatable bonds is 7. The zero-order chi connectivity index (χ0) is 18.2. The maximum Gasteiger partial charge on any atom is 0.255 e. The van der Waals surface area contributed by atoms with E-state index in [1.165, 1.54) is 7.11 Å². The molecule has 0 aromatic heterocycles. The fourth-order valence-electron chi connectivity index (χ4n) is 2.25. The molecule has 0 saturated carbocycles. The Morgan fingerprint density at radius 1 is 1.08 bits per heavy atom.